The van der Waals surface area contributed by atoms with Gasteiger partial charge < -0.3 is 5.73 Å². The van der Waals surface area contributed by atoms with Gasteiger partial charge >= 0.3 is 0 Å². The Kier molecular flexibility index (Phi) is 11.3. The van der Waals surface area contributed by atoms with Crippen molar-refractivity contribution in [2.45, 2.75) is 20.3 Å². The molecule has 0 saturated carbocycles. The van der Waals surface area contributed by atoms with Crippen molar-refractivity contribution in [1.82, 2.24) is 50.3 Å². The Bertz CT molecular complexity index is 1520. The summed E-state index contributed by atoms with van der Waals surface area (Å²) in [5.41, 5.74) is 8.93. The Balaban J connectivity index is 0.000000180. The first-order valence-electron chi connectivity index (χ1n) is 11.9. The van der Waals surface area contributed by atoms with Crippen LogP contribution in [0, 0.1) is 0 Å². The lowest BCUT2D eigenvalue weighted by Crippen LogP contribution is -1.93. The molecule has 202 valence electrons. The summed E-state index contributed by atoms with van der Waals surface area (Å²) < 4.78 is 0. The quantitative estimate of drug-likeness (QED) is 0.264. The Morgan fingerprint density at radius 1 is 0.700 bits per heavy atom. The molecule has 4 N–H and O–H groups in total. The third kappa shape index (κ3) is 9.03. The fourth-order valence-electron chi connectivity index (χ4n) is 3.22. The van der Waals surface area contributed by atoms with E-state index in [-0.39, 0.29) is 13.4 Å². The van der Waals surface area contributed by atoms with Crippen molar-refractivity contribution in [1.29, 1.82) is 0 Å². The van der Waals surface area contributed by atoms with E-state index in [0.717, 1.165) is 41.6 Å². The highest BCUT2D eigenvalue weighted by atomic mass is 16.1. The monoisotopic (exact) mass is 535 g/mol. The van der Waals surface area contributed by atoms with Crippen molar-refractivity contribution in [3.63, 3.8) is 0 Å². The third-order valence-corrected chi connectivity index (χ3v) is 5.12. The van der Waals surface area contributed by atoms with Crippen LogP contribution in [0.15, 0.2) is 98.1 Å². The molecule has 2 aromatic carbocycles. The first-order chi connectivity index (χ1) is 19.2. The van der Waals surface area contributed by atoms with Crippen molar-refractivity contribution in [2.24, 2.45) is 0 Å². The number of nitrogens with two attached hydrogens (primary N) is 1. The summed E-state index contributed by atoms with van der Waals surface area (Å²) in [5, 5.41) is 13.5. The van der Waals surface area contributed by atoms with E-state index >= 15 is 0 Å². The maximum atomic E-state index is 10.0. The molecule has 0 radical (unpaired) electrons. The molecule has 12 heteroatoms. The van der Waals surface area contributed by atoms with E-state index in [2.05, 4.69) is 62.4 Å². The van der Waals surface area contributed by atoms with Crippen LogP contribution in [-0.2, 0) is 12.8 Å². The number of hydrogen-bond donors (Lipinski definition) is 3. The van der Waals surface area contributed by atoms with E-state index in [4.69, 9.17) is 5.73 Å². The number of aromatic amines is 2. The molecule has 0 saturated heterocycles. The molecule has 6 rings (SSSR count). The molecule has 0 unspecified atom stereocenters. The van der Waals surface area contributed by atoms with Crippen LogP contribution in [0.25, 0.3) is 22.8 Å². The molecule has 0 aliphatic carbocycles. The predicted molar refractivity (Wildman–Crippen MR) is 152 cm³/mol. The molecule has 4 heterocycles. The number of carbonyl (C=O) groups excluding carboxylic acids is 1. The largest absolute Gasteiger partial charge is 0.366 e. The third-order valence-electron chi connectivity index (χ3n) is 5.12. The topological polar surface area (TPSA) is 178 Å². The van der Waals surface area contributed by atoms with Crippen LogP contribution < -0.4 is 5.73 Å². The number of hydrogen-bond acceptors (Lipinski definition) is 10. The average Bonchev–Trinajstić information content (AvgIpc) is 3.68. The SMILES string of the molecule is C.Nc1n[nH]c(-c2cncnc2)n1.O=Cc1ccccc1.c1ccc(CCc2nc(-c3cncnc3)n[nH]2)cc1. The Morgan fingerprint density at radius 3 is 1.85 bits per heavy atom. The van der Waals surface area contributed by atoms with E-state index in [1.807, 2.05) is 36.4 Å². The molecule has 6 aromatic rings. The van der Waals surface area contributed by atoms with Gasteiger partial charge in [0.1, 0.15) is 24.8 Å². The van der Waals surface area contributed by atoms with Crippen molar-refractivity contribution >= 4 is 12.2 Å². The summed E-state index contributed by atoms with van der Waals surface area (Å²) >= 11 is 0. The van der Waals surface area contributed by atoms with Gasteiger partial charge in [0.05, 0.1) is 11.1 Å². The second-order valence-corrected chi connectivity index (χ2v) is 7.92. The lowest BCUT2D eigenvalue weighted by atomic mass is 10.1. The zero-order chi connectivity index (χ0) is 27.1. The van der Waals surface area contributed by atoms with Crippen LogP contribution in [0.5, 0.6) is 0 Å². The van der Waals surface area contributed by atoms with Crippen LogP contribution in [0.2, 0.25) is 0 Å². The van der Waals surface area contributed by atoms with Crippen molar-refractivity contribution < 1.29 is 4.79 Å². The minimum Gasteiger partial charge on any atom is -0.366 e. The summed E-state index contributed by atoms with van der Waals surface area (Å²) in [6.07, 6.45) is 12.2. The summed E-state index contributed by atoms with van der Waals surface area (Å²) in [6.45, 7) is 0. The fraction of sp³-hybridized carbons (Fsp3) is 0.107. The van der Waals surface area contributed by atoms with Crippen LogP contribution >= 0.6 is 0 Å². The number of anilines is 1. The maximum absolute atomic E-state index is 10.0. The highest BCUT2D eigenvalue weighted by molar-refractivity contribution is 5.74. The molecule has 0 fully saturated rings. The van der Waals surface area contributed by atoms with Gasteiger partial charge in [0.2, 0.25) is 5.95 Å². The van der Waals surface area contributed by atoms with Crippen LogP contribution in [0.3, 0.4) is 0 Å². The van der Waals surface area contributed by atoms with Gasteiger partial charge in [-0.3, -0.25) is 15.0 Å². The normalized spacial score (nSPS) is 9.70. The van der Waals surface area contributed by atoms with Gasteiger partial charge in [-0.2, -0.15) is 10.1 Å². The second-order valence-electron chi connectivity index (χ2n) is 7.92. The van der Waals surface area contributed by atoms with Gasteiger partial charge in [0.25, 0.3) is 0 Å². The van der Waals surface area contributed by atoms with E-state index in [9.17, 15) is 4.79 Å². The zero-order valence-corrected chi connectivity index (χ0v) is 20.8. The van der Waals surface area contributed by atoms with E-state index < -0.39 is 0 Å². The van der Waals surface area contributed by atoms with Gasteiger partial charge in [0.15, 0.2) is 11.6 Å². The number of H-pyrrole nitrogens is 2. The van der Waals surface area contributed by atoms with Gasteiger partial charge in [0, 0.05) is 36.8 Å². The number of nitrogens with one attached hydrogen (secondary N) is 2. The average molecular weight is 536 g/mol. The Hall–Kier alpha value is -5.65. The van der Waals surface area contributed by atoms with Crippen LogP contribution in [0.4, 0.5) is 5.95 Å². The molecular formula is C28H29N11O. The van der Waals surface area contributed by atoms with Gasteiger partial charge in [-0.25, -0.2) is 24.9 Å². The number of aromatic nitrogens is 10. The van der Waals surface area contributed by atoms with Gasteiger partial charge in [-0.15, -0.1) is 5.10 Å². The number of nitrogens with zero attached hydrogens (tertiary/aromatic N) is 8. The number of nitrogen functional groups attached to an aromatic ring is 1. The molecule has 0 amide bonds. The van der Waals surface area contributed by atoms with Crippen LogP contribution in [0.1, 0.15) is 29.2 Å². The Labute approximate surface area is 231 Å². The maximum Gasteiger partial charge on any atom is 0.239 e. The van der Waals surface area contributed by atoms with Crippen molar-refractivity contribution in [3.05, 3.63) is 115 Å². The van der Waals surface area contributed by atoms with Crippen molar-refractivity contribution in [3.8, 4) is 22.8 Å². The molecule has 0 bridgehead atoms. The number of rotatable bonds is 6. The summed E-state index contributed by atoms with van der Waals surface area (Å²) in [6, 6.07) is 19.4. The number of aryl methyl sites for hydroxylation is 2. The highest BCUT2D eigenvalue weighted by Crippen LogP contribution is 2.12. The molecule has 0 aliphatic heterocycles. The molecule has 4 aromatic heterocycles. The van der Waals surface area contributed by atoms with Crippen LogP contribution in [-0.4, -0.2) is 56.6 Å². The Morgan fingerprint density at radius 2 is 1.30 bits per heavy atom. The first-order valence-corrected chi connectivity index (χ1v) is 11.9. The summed E-state index contributed by atoms with van der Waals surface area (Å²) in [4.78, 5) is 33.9. The minimum atomic E-state index is 0. The predicted octanol–water partition coefficient (Wildman–Crippen LogP) is 4.03. The molecule has 0 spiro atoms. The lowest BCUT2D eigenvalue weighted by Gasteiger charge is -1.97. The first kappa shape index (κ1) is 28.9. The lowest BCUT2D eigenvalue weighted by molar-refractivity contribution is 0.112. The minimum absolute atomic E-state index is 0. The molecule has 0 atom stereocenters. The fourth-order valence-corrected chi connectivity index (χ4v) is 3.22. The molecule has 0 aliphatic rings. The molecule has 40 heavy (non-hydrogen) atoms. The molecule has 12 nitrogen and oxygen atoms in total. The van der Waals surface area contributed by atoms with E-state index in [1.54, 1.807) is 36.9 Å². The smallest absolute Gasteiger partial charge is 0.239 e. The van der Waals surface area contributed by atoms with Crippen molar-refractivity contribution in [2.75, 3.05) is 5.73 Å². The van der Waals surface area contributed by atoms with E-state index in [1.165, 1.54) is 18.2 Å². The molecular weight excluding hydrogens is 506 g/mol. The van der Waals surface area contributed by atoms with E-state index in [0.29, 0.717) is 11.6 Å². The number of aldehydes is 1. The second kappa shape index (κ2) is 15.6. The standard InChI is InChI=1S/C14H13N5.C7H6O.C6H6N6.CH4/c1-2-4-11(5-3-1)6-7-13-17-14(19-18-13)12-8-15-10-16-9-12;8-6-7-4-2-1-3-5-7;7-6-10-5(11-12-6)4-1-8-3-9-2-4;/h1-5,8-10H,6-7H2,(H,17,18,19);1-6H;1-3H,(H3,7,10,11,12);1H4. The highest BCUT2D eigenvalue weighted by Gasteiger charge is 2.06. The van der Waals surface area contributed by atoms with Gasteiger partial charge in [-0.05, 0) is 12.0 Å². The number of benzene rings is 2. The number of carbonyl (C=O) groups is 1. The zero-order valence-electron chi connectivity index (χ0n) is 20.8. The summed E-state index contributed by atoms with van der Waals surface area (Å²) in [5.74, 6) is 2.31. The summed E-state index contributed by atoms with van der Waals surface area (Å²) in [7, 11) is 0. The van der Waals surface area contributed by atoms with Gasteiger partial charge in [-0.1, -0.05) is 68.1 Å².